The van der Waals surface area contributed by atoms with Crippen molar-refractivity contribution in [2.75, 3.05) is 19.6 Å². The van der Waals surface area contributed by atoms with Crippen LogP contribution < -0.4 is 5.32 Å². The molecule has 0 bridgehead atoms. The molecule has 1 saturated heterocycles. The molecule has 0 saturated carbocycles. The molecule has 1 aliphatic rings. The highest BCUT2D eigenvalue weighted by atomic mass is 16.5. The summed E-state index contributed by atoms with van der Waals surface area (Å²) in [7, 11) is 0. The summed E-state index contributed by atoms with van der Waals surface area (Å²) >= 11 is 0. The molecule has 0 aromatic carbocycles. The summed E-state index contributed by atoms with van der Waals surface area (Å²) < 4.78 is 5.35. The number of hydrogen-bond donors (Lipinski definition) is 1. The van der Waals surface area contributed by atoms with Crippen LogP contribution >= 0.6 is 0 Å². The molecule has 2 aromatic rings. The fourth-order valence-electron chi connectivity index (χ4n) is 2.54. The molecule has 1 fully saturated rings. The predicted octanol–water partition coefficient (Wildman–Crippen LogP) is 1.32. The molecular formula is C14H19N5O. The monoisotopic (exact) mass is 273 g/mol. The zero-order valence-electron chi connectivity index (χ0n) is 11.6. The lowest BCUT2D eigenvalue weighted by molar-refractivity contribution is 0.183. The number of pyridine rings is 1. The average molecular weight is 273 g/mol. The first-order chi connectivity index (χ1) is 9.86. The van der Waals surface area contributed by atoms with E-state index < -0.39 is 0 Å². The summed E-state index contributed by atoms with van der Waals surface area (Å²) in [6.07, 6.45) is 2.91. The minimum Gasteiger partial charge on any atom is -0.337 e. The number of aromatic nitrogens is 3. The Morgan fingerprint density at radius 2 is 2.40 bits per heavy atom. The lowest BCUT2D eigenvalue weighted by atomic mass is 10.2. The van der Waals surface area contributed by atoms with Gasteiger partial charge >= 0.3 is 0 Å². The molecule has 1 atom stereocenters. The fraction of sp³-hybridized carbons (Fsp3) is 0.500. The van der Waals surface area contributed by atoms with Crippen molar-refractivity contribution in [2.45, 2.75) is 25.9 Å². The van der Waals surface area contributed by atoms with Gasteiger partial charge in [0.2, 0.25) is 11.7 Å². The van der Waals surface area contributed by atoms with Crippen molar-refractivity contribution in [2.24, 2.45) is 0 Å². The Labute approximate surface area is 118 Å². The highest BCUT2D eigenvalue weighted by Crippen LogP contribution is 2.15. The van der Waals surface area contributed by atoms with Crippen molar-refractivity contribution >= 4 is 0 Å². The van der Waals surface area contributed by atoms with Crippen LogP contribution in [0.1, 0.15) is 19.2 Å². The van der Waals surface area contributed by atoms with Gasteiger partial charge < -0.3 is 9.84 Å². The van der Waals surface area contributed by atoms with E-state index in [9.17, 15) is 0 Å². The summed E-state index contributed by atoms with van der Waals surface area (Å²) in [6.45, 7) is 5.96. The second kappa shape index (κ2) is 6.11. The molecule has 2 aromatic heterocycles. The lowest BCUT2D eigenvalue weighted by Crippen LogP contribution is -2.36. The van der Waals surface area contributed by atoms with Crippen LogP contribution in [0, 0.1) is 0 Å². The third kappa shape index (κ3) is 2.86. The minimum atomic E-state index is 0.557. The zero-order chi connectivity index (χ0) is 13.8. The van der Waals surface area contributed by atoms with Gasteiger partial charge in [-0.25, -0.2) is 0 Å². The van der Waals surface area contributed by atoms with Gasteiger partial charge in [-0.15, -0.1) is 0 Å². The van der Waals surface area contributed by atoms with E-state index in [4.69, 9.17) is 4.52 Å². The van der Waals surface area contributed by atoms with E-state index in [1.807, 2.05) is 18.2 Å². The molecule has 20 heavy (non-hydrogen) atoms. The Morgan fingerprint density at radius 3 is 3.10 bits per heavy atom. The third-order valence-corrected chi connectivity index (χ3v) is 3.66. The summed E-state index contributed by atoms with van der Waals surface area (Å²) in [4.78, 5) is 11.0. The first-order valence-electron chi connectivity index (χ1n) is 7.05. The molecule has 3 heterocycles. The van der Waals surface area contributed by atoms with Gasteiger partial charge in [-0.3, -0.25) is 9.88 Å². The van der Waals surface area contributed by atoms with Crippen LogP contribution in [0.25, 0.3) is 11.5 Å². The van der Waals surface area contributed by atoms with Gasteiger partial charge in [0.05, 0.1) is 6.54 Å². The van der Waals surface area contributed by atoms with E-state index in [-0.39, 0.29) is 0 Å². The maximum absolute atomic E-state index is 5.35. The van der Waals surface area contributed by atoms with Gasteiger partial charge in [-0.05, 0) is 31.6 Å². The molecule has 3 rings (SSSR count). The second-order valence-corrected chi connectivity index (χ2v) is 4.94. The van der Waals surface area contributed by atoms with Crippen molar-refractivity contribution in [1.29, 1.82) is 0 Å². The normalized spacial score (nSPS) is 18.8. The Balaban J connectivity index is 1.70. The second-order valence-electron chi connectivity index (χ2n) is 4.94. The van der Waals surface area contributed by atoms with Gasteiger partial charge in [0.1, 0.15) is 5.69 Å². The van der Waals surface area contributed by atoms with Crippen molar-refractivity contribution in [1.82, 2.24) is 25.3 Å². The van der Waals surface area contributed by atoms with Gasteiger partial charge in [-0.2, -0.15) is 4.98 Å². The molecule has 0 amide bonds. The molecular weight excluding hydrogens is 254 g/mol. The van der Waals surface area contributed by atoms with Crippen LogP contribution in [0.3, 0.4) is 0 Å². The van der Waals surface area contributed by atoms with E-state index >= 15 is 0 Å². The summed E-state index contributed by atoms with van der Waals surface area (Å²) in [5.41, 5.74) is 0.744. The van der Waals surface area contributed by atoms with E-state index in [0.29, 0.717) is 24.3 Å². The molecule has 0 aliphatic carbocycles. The van der Waals surface area contributed by atoms with Gasteiger partial charge in [0.25, 0.3) is 0 Å². The average Bonchev–Trinajstić information content (AvgIpc) is 3.17. The van der Waals surface area contributed by atoms with Gasteiger partial charge in [0.15, 0.2) is 0 Å². The van der Waals surface area contributed by atoms with Crippen molar-refractivity contribution in [3.63, 3.8) is 0 Å². The van der Waals surface area contributed by atoms with Crippen LogP contribution in [-0.4, -0.2) is 45.7 Å². The number of likely N-dealkylation sites (N-methyl/N-ethyl adjacent to an activating group) is 1. The smallest absolute Gasteiger partial charge is 0.241 e. The van der Waals surface area contributed by atoms with Crippen LogP contribution in [0.2, 0.25) is 0 Å². The summed E-state index contributed by atoms with van der Waals surface area (Å²) in [6, 6.07) is 6.23. The summed E-state index contributed by atoms with van der Waals surface area (Å²) in [5.74, 6) is 1.21. The fourth-order valence-corrected chi connectivity index (χ4v) is 2.54. The largest absolute Gasteiger partial charge is 0.337 e. The van der Waals surface area contributed by atoms with Gasteiger partial charge in [0, 0.05) is 18.8 Å². The van der Waals surface area contributed by atoms with Gasteiger partial charge in [-0.1, -0.05) is 18.1 Å². The maximum Gasteiger partial charge on any atom is 0.241 e. The van der Waals surface area contributed by atoms with Crippen molar-refractivity contribution < 1.29 is 4.52 Å². The predicted molar refractivity (Wildman–Crippen MR) is 74.9 cm³/mol. The maximum atomic E-state index is 5.35. The molecule has 0 radical (unpaired) electrons. The molecule has 1 aliphatic heterocycles. The quantitative estimate of drug-likeness (QED) is 0.886. The first-order valence-corrected chi connectivity index (χ1v) is 7.05. The number of hydrogen-bond acceptors (Lipinski definition) is 6. The topological polar surface area (TPSA) is 67.1 Å². The molecule has 1 N–H and O–H groups in total. The van der Waals surface area contributed by atoms with Crippen LogP contribution in [-0.2, 0) is 6.54 Å². The molecule has 6 heteroatoms. The van der Waals surface area contributed by atoms with E-state index in [1.54, 1.807) is 6.20 Å². The Bertz CT molecular complexity index is 536. The molecule has 106 valence electrons. The standard InChI is InChI=1S/C14H19N5O/c1-2-19(11-6-8-15-9-11)10-13-17-14(18-20-13)12-5-3-4-7-16-12/h3-5,7,11,15H,2,6,8-10H2,1H3. The number of rotatable bonds is 5. The van der Waals surface area contributed by atoms with Crippen LogP contribution in [0.15, 0.2) is 28.9 Å². The minimum absolute atomic E-state index is 0.557. The molecule has 1 unspecified atom stereocenters. The summed E-state index contributed by atoms with van der Waals surface area (Å²) in [5, 5.41) is 7.40. The SMILES string of the molecule is CCN(Cc1nc(-c2ccccn2)no1)C1CCNC1. The third-order valence-electron chi connectivity index (χ3n) is 3.66. The highest BCUT2D eigenvalue weighted by molar-refractivity contribution is 5.46. The molecule has 0 spiro atoms. The van der Waals surface area contributed by atoms with E-state index in [0.717, 1.165) is 25.3 Å². The Kier molecular flexibility index (Phi) is 4.03. The Morgan fingerprint density at radius 1 is 1.45 bits per heavy atom. The van der Waals surface area contributed by atoms with E-state index in [1.165, 1.54) is 6.42 Å². The Hall–Kier alpha value is -1.79. The van der Waals surface area contributed by atoms with Crippen LogP contribution in [0.5, 0.6) is 0 Å². The van der Waals surface area contributed by atoms with E-state index in [2.05, 4.69) is 32.3 Å². The highest BCUT2D eigenvalue weighted by Gasteiger charge is 2.23. The van der Waals surface area contributed by atoms with Crippen molar-refractivity contribution in [3.8, 4) is 11.5 Å². The number of nitrogens with one attached hydrogen (secondary N) is 1. The number of nitrogens with zero attached hydrogens (tertiary/aromatic N) is 4. The lowest BCUT2D eigenvalue weighted by Gasteiger charge is -2.24. The first kappa shape index (κ1) is 13.2. The molecule has 6 nitrogen and oxygen atoms in total. The van der Waals surface area contributed by atoms with Crippen molar-refractivity contribution in [3.05, 3.63) is 30.3 Å². The van der Waals surface area contributed by atoms with Crippen LogP contribution in [0.4, 0.5) is 0 Å². The zero-order valence-corrected chi connectivity index (χ0v) is 11.6.